The number of anilines is 1. The van der Waals surface area contributed by atoms with Gasteiger partial charge in [-0.25, -0.2) is 4.79 Å². The van der Waals surface area contributed by atoms with Gasteiger partial charge in [0.25, 0.3) is 0 Å². The molecule has 0 spiro atoms. The average molecular weight is 311 g/mol. The highest BCUT2D eigenvalue weighted by atomic mass is 35.5. The van der Waals surface area contributed by atoms with Crippen molar-refractivity contribution in [1.82, 2.24) is 0 Å². The highest BCUT2D eigenvalue weighted by Gasteiger charge is 2.32. The number of ether oxygens (including phenoxy) is 1. The molecule has 1 aliphatic rings. The van der Waals surface area contributed by atoms with Crippen LogP contribution in [0.4, 0.5) is 5.69 Å². The molecule has 114 valence electrons. The summed E-state index contributed by atoms with van der Waals surface area (Å²) in [5, 5.41) is 3.13. The van der Waals surface area contributed by atoms with Crippen molar-refractivity contribution >= 4 is 29.2 Å². The summed E-state index contributed by atoms with van der Waals surface area (Å²) in [7, 11) is 1.29. The van der Waals surface area contributed by atoms with Crippen molar-refractivity contribution in [2.75, 3.05) is 19.0 Å². The first-order chi connectivity index (χ1) is 10.1. The van der Waals surface area contributed by atoms with Crippen LogP contribution in [0, 0.1) is 11.8 Å². The summed E-state index contributed by atoms with van der Waals surface area (Å²) in [6.45, 7) is 0.520. The molecule has 0 aromatic heterocycles. The molecule has 1 aromatic rings. The number of benzene rings is 1. The molecule has 1 saturated carbocycles. The minimum absolute atomic E-state index is 0.0545. The fourth-order valence-corrected chi connectivity index (χ4v) is 2.96. The van der Waals surface area contributed by atoms with E-state index in [1.807, 2.05) is 0 Å². The second kappa shape index (κ2) is 6.91. The number of rotatable bonds is 4. The van der Waals surface area contributed by atoms with Crippen LogP contribution in [0.1, 0.15) is 29.6 Å². The fourth-order valence-electron chi connectivity index (χ4n) is 2.77. The minimum Gasteiger partial charge on any atom is -0.465 e. The third kappa shape index (κ3) is 3.54. The van der Waals surface area contributed by atoms with E-state index in [2.05, 4.69) is 10.1 Å². The molecule has 0 bridgehead atoms. The van der Waals surface area contributed by atoms with Gasteiger partial charge >= 0.3 is 5.97 Å². The van der Waals surface area contributed by atoms with Gasteiger partial charge in [-0.1, -0.05) is 18.0 Å². The summed E-state index contributed by atoms with van der Waals surface area (Å²) < 4.78 is 4.66. The van der Waals surface area contributed by atoms with E-state index in [0.717, 1.165) is 19.3 Å². The van der Waals surface area contributed by atoms with Gasteiger partial charge in [-0.3, -0.25) is 4.79 Å². The molecule has 1 aliphatic carbocycles. The van der Waals surface area contributed by atoms with Crippen molar-refractivity contribution in [1.29, 1.82) is 0 Å². The molecule has 5 nitrogen and oxygen atoms in total. The number of esters is 1. The van der Waals surface area contributed by atoms with Crippen LogP contribution in [0.15, 0.2) is 18.2 Å². The van der Waals surface area contributed by atoms with Crippen LogP contribution in [-0.2, 0) is 9.53 Å². The first kappa shape index (κ1) is 15.8. The third-order valence-corrected chi connectivity index (χ3v) is 4.27. The summed E-state index contributed by atoms with van der Waals surface area (Å²) in [4.78, 5) is 23.9. The van der Waals surface area contributed by atoms with E-state index in [9.17, 15) is 9.59 Å². The van der Waals surface area contributed by atoms with E-state index in [1.165, 1.54) is 13.2 Å². The number of amides is 1. The number of nitrogens with one attached hydrogen (secondary N) is 1. The highest BCUT2D eigenvalue weighted by Crippen LogP contribution is 2.32. The second-order valence-electron chi connectivity index (χ2n) is 5.21. The van der Waals surface area contributed by atoms with Gasteiger partial charge in [-0.05, 0) is 43.5 Å². The number of hydrogen-bond acceptors (Lipinski definition) is 4. The van der Waals surface area contributed by atoms with Crippen LogP contribution in [0.5, 0.6) is 0 Å². The molecule has 1 aromatic carbocycles. The molecule has 2 rings (SSSR count). The Kier molecular flexibility index (Phi) is 5.20. The molecule has 0 heterocycles. The van der Waals surface area contributed by atoms with Crippen molar-refractivity contribution in [2.45, 2.75) is 19.3 Å². The normalized spacial score (nSPS) is 21.1. The number of halogens is 1. The number of carbonyl (C=O) groups excluding carboxylic acids is 2. The van der Waals surface area contributed by atoms with Crippen molar-refractivity contribution < 1.29 is 14.3 Å². The van der Waals surface area contributed by atoms with E-state index < -0.39 is 5.97 Å². The van der Waals surface area contributed by atoms with E-state index >= 15 is 0 Å². The van der Waals surface area contributed by atoms with Crippen LogP contribution in [0.25, 0.3) is 0 Å². The minimum atomic E-state index is -0.531. The smallest absolute Gasteiger partial charge is 0.339 e. The maximum absolute atomic E-state index is 12.3. The monoisotopic (exact) mass is 310 g/mol. The van der Waals surface area contributed by atoms with E-state index in [0.29, 0.717) is 17.3 Å². The number of hydrogen-bond donors (Lipinski definition) is 2. The van der Waals surface area contributed by atoms with E-state index in [4.69, 9.17) is 17.3 Å². The summed E-state index contributed by atoms with van der Waals surface area (Å²) in [5.41, 5.74) is 6.47. The van der Waals surface area contributed by atoms with Crippen molar-refractivity contribution in [3.05, 3.63) is 28.8 Å². The zero-order valence-electron chi connectivity index (χ0n) is 11.9. The van der Waals surface area contributed by atoms with Gasteiger partial charge < -0.3 is 15.8 Å². The Balaban J connectivity index is 2.12. The maximum atomic E-state index is 12.3. The second-order valence-corrected chi connectivity index (χ2v) is 5.62. The Morgan fingerprint density at radius 1 is 1.43 bits per heavy atom. The molecule has 2 atom stereocenters. The zero-order valence-corrected chi connectivity index (χ0v) is 12.7. The van der Waals surface area contributed by atoms with Crippen LogP contribution in [-0.4, -0.2) is 25.5 Å². The Labute approximate surface area is 128 Å². The van der Waals surface area contributed by atoms with Gasteiger partial charge in [0.1, 0.15) is 0 Å². The molecule has 0 radical (unpaired) electrons. The lowest BCUT2D eigenvalue weighted by Crippen LogP contribution is -2.29. The molecule has 0 saturated heterocycles. The predicted molar refractivity (Wildman–Crippen MR) is 81.3 cm³/mol. The molecule has 6 heteroatoms. The Morgan fingerprint density at radius 3 is 2.86 bits per heavy atom. The molecule has 1 amide bonds. The summed E-state index contributed by atoms with van der Waals surface area (Å²) in [6, 6.07) is 4.76. The maximum Gasteiger partial charge on any atom is 0.339 e. The molecular weight excluding hydrogens is 292 g/mol. The summed E-state index contributed by atoms with van der Waals surface area (Å²) in [5.74, 6) is -0.414. The molecular formula is C15H19ClN2O3. The summed E-state index contributed by atoms with van der Waals surface area (Å²) in [6.07, 6.45) is 2.86. The topological polar surface area (TPSA) is 81.4 Å². The van der Waals surface area contributed by atoms with Gasteiger partial charge in [0.2, 0.25) is 5.91 Å². The van der Waals surface area contributed by atoms with Gasteiger partial charge in [0, 0.05) is 11.6 Å². The number of carbonyl (C=O) groups is 2. The molecule has 21 heavy (non-hydrogen) atoms. The fraction of sp³-hybridized carbons (Fsp3) is 0.467. The largest absolute Gasteiger partial charge is 0.465 e. The van der Waals surface area contributed by atoms with Crippen LogP contribution in [0.3, 0.4) is 0 Å². The van der Waals surface area contributed by atoms with Gasteiger partial charge in [-0.15, -0.1) is 0 Å². The van der Waals surface area contributed by atoms with Crippen LogP contribution < -0.4 is 11.1 Å². The Morgan fingerprint density at radius 2 is 2.19 bits per heavy atom. The predicted octanol–water partition coefficient (Wildman–Crippen LogP) is 2.44. The number of methoxy groups -OCH3 is 1. The van der Waals surface area contributed by atoms with Crippen LogP contribution in [0.2, 0.25) is 5.02 Å². The highest BCUT2D eigenvalue weighted by molar-refractivity contribution is 6.33. The van der Waals surface area contributed by atoms with E-state index in [1.54, 1.807) is 12.1 Å². The zero-order chi connectivity index (χ0) is 15.4. The lowest BCUT2D eigenvalue weighted by Gasteiger charge is -2.17. The SMILES string of the molecule is COC(=O)c1cc(NC(=O)C2CCCC2CN)ccc1Cl. The van der Waals surface area contributed by atoms with Crippen molar-refractivity contribution in [2.24, 2.45) is 17.6 Å². The molecule has 0 aliphatic heterocycles. The first-order valence-corrected chi connectivity index (χ1v) is 7.33. The molecule has 1 fully saturated rings. The van der Waals surface area contributed by atoms with Crippen molar-refractivity contribution in [3.63, 3.8) is 0 Å². The first-order valence-electron chi connectivity index (χ1n) is 6.95. The van der Waals surface area contributed by atoms with Gasteiger partial charge in [-0.2, -0.15) is 0 Å². The average Bonchev–Trinajstić information content (AvgIpc) is 2.97. The quantitative estimate of drug-likeness (QED) is 0.837. The Bertz CT molecular complexity index is 548. The lowest BCUT2D eigenvalue weighted by molar-refractivity contribution is -0.120. The standard InChI is InChI=1S/C15H19ClN2O3/c1-21-15(20)12-7-10(5-6-13(12)16)18-14(19)11-4-2-3-9(11)8-17/h5-7,9,11H,2-4,8,17H2,1H3,(H,18,19). The lowest BCUT2D eigenvalue weighted by atomic mass is 9.95. The molecule has 3 N–H and O–H groups in total. The van der Waals surface area contributed by atoms with Gasteiger partial charge in [0.15, 0.2) is 0 Å². The summed E-state index contributed by atoms with van der Waals surface area (Å²) >= 11 is 5.95. The van der Waals surface area contributed by atoms with Gasteiger partial charge in [0.05, 0.1) is 17.7 Å². The van der Waals surface area contributed by atoms with Crippen molar-refractivity contribution in [3.8, 4) is 0 Å². The van der Waals surface area contributed by atoms with E-state index in [-0.39, 0.29) is 23.3 Å². The number of nitrogens with two attached hydrogens (primary N) is 1. The Hall–Kier alpha value is -1.59. The van der Waals surface area contributed by atoms with Crippen LogP contribution >= 0.6 is 11.6 Å². The molecule has 2 unspecified atom stereocenters. The third-order valence-electron chi connectivity index (χ3n) is 3.94.